The molecule has 14 heavy (non-hydrogen) atoms. The van der Waals surface area contributed by atoms with Crippen LogP contribution in [0.15, 0.2) is 24.5 Å². The average Bonchev–Trinajstić information content (AvgIpc) is 2.67. The van der Waals surface area contributed by atoms with Crippen molar-refractivity contribution in [3.05, 3.63) is 35.2 Å². The zero-order valence-electron chi connectivity index (χ0n) is 7.08. The molecule has 0 saturated heterocycles. The lowest BCUT2D eigenvalue weighted by Crippen LogP contribution is -1.82. The molecule has 0 radical (unpaired) electrons. The summed E-state index contributed by atoms with van der Waals surface area (Å²) < 4.78 is 12.6. The molecule has 0 spiro atoms. The minimum Gasteiger partial charge on any atom is -0.251 e. The molecule has 0 aromatic carbocycles. The van der Waals surface area contributed by atoms with Crippen molar-refractivity contribution in [3.63, 3.8) is 0 Å². The van der Waals surface area contributed by atoms with Gasteiger partial charge in [0.2, 0.25) is 0 Å². The minimum absolute atomic E-state index is 0.345. The van der Waals surface area contributed by atoms with Crippen molar-refractivity contribution in [2.75, 3.05) is 0 Å². The van der Waals surface area contributed by atoms with Crippen LogP contribution in [0.4, 0.5) is 4.39 Å². The fourth-order valence-corrected chi connectivity index (χ4v) is 1.96. The molecule has 0 aliphatic rings. The zero-order chi connectivity index (χ0) is 9.97. The Kier molecular flexibility index (Phi) is 2.74. The van der Waals surface area contributed by atoms with Crippen LogP contribution in [-0.2, 0) is 5.88 Å². The first-order chi connectivity index (χ1) is 6.79. The third kappa shape index (κ3) is 1.91. The zero-order valence-corrected chi connectivity index (χ0v) is 8.65. The van der Waals surface area contributed by atoms with Crippen LogP contribution in [-0.4, -0.2) is 9.97 Å². The second-order valence-electron chi connectivity index (χ2n) is 2.63. The van der Waals surface area contributed by atoms with Gasteiger partial charge in [0.1, 0.15) is 10.8 Å². The van der Waals surface area contributed by atoms with E-state index in [1.807, 2.05) is 0 Å². The van der Waals surface area contributed by atoms with Crippen LogP contribution in [0, 0.1) is 5.82 Å². The standard InChI is InChI=1S/C9H6ClFN2S/c10-3-7-5-13-9(14-7)8-2-1-6(11)4-12-8/h1-2,4-5H,3H2. The van der Waals surface area contributed by atoms with Crippen LogP contribution in [0.3, 0.4) is 0 Å². The summed E-state index contributed by atoms with van der Waals surface area (Å²) in [5.74, 6) is 0.0988. The van der Waals surface area contributed by atoms with E-state index in [2.05, 4.69) is 9.97 Å². The van der Waals surface area contributed by atoms with Gasteiger partial charge in [-0.05, 0) is 12.1 Å². The maximum Gasteiger partial charge on any atom is 0.142 e. The number of rotatable bonds is 2. The Bertz CT molecular complexity index is 427. The molecule has 5 heteroatoms. The smallest absolute Gasteiger partial charge is 0.142 e. The van der Waals surface area contributed by atoms with Crippen LogP contribution >= 0.6 is 22.9 Å². The first-order valence-electron chi connectivity index (χ1n) is 3.92. The maximum atomic E-state index is 12.6. The lowest BCUT2D eigenvalue weighted by molar-refractivity contribution is 0.622. The van der Waals surface area contributed by atoms with Crippen LogP contribution in [0.25, 0.3) is 10.7 Å². The number of pyridine rings is 1. The lowest BCUT2D eigenvalue weighted by atomic mass is 10.3. The van der Waals surface area contributed by atoms with Crippen LogP contribution in [0.5, 0.6) is 0 Å². The summed E-state index contributed by atoms with van der Waals surface area (Å²) >= 11 is 7.11. The average molecular weight is 229 g/mol. The highest BCUT2D eigenvalue weighted by molar-refractivity contribution is 7.15. The molecule has 2 aromatic heterocycles. The Hall–Kier alpha value is -1.00. The van der Waals surface area contributed by atoms with E-state index < -0.39 is 0 Å². The monoisotopic (exact) mass is 228 g/mol. The predicted octanol–water partition coefficient (Wildman–Crippen LogP) is 3.08. The Morgan fingerprint density at radius 3 is 2.71 bits per heavy atom. The Labute approximate surface area is 89.4 Å². The molecule has 0 aliphatic carbocycles. The van der Waals surface area contributed by atoms with Crippen molar-refractivity contribution in [3.8, 4) is 10.7 Å². The topological polar surface area (TPSA) is 25.8 Å². The molecular formula is C9H6ClFN2S. The summed E-state index contributed by atoms with van der Waals surface area (Å²) in [4.78, 5) is 9.04. The number of halogens is 2. The second kappa shape index (κ2) is 4.02. The van der Waals surface area contributed by atoms with Crippen molar-refractivity contribution in [1.82, 2.24) is 9.97 Å². The van der Waals surface area contributed by atoms with Gasteiger partial charge in [-0.2, -0.15) is 0 Å². The van der Waals surface area contributed by atoms with Gasteiger partial charge < -0.3 is 0 Å². The van der Waals surface area contributed by atoms with Crippen LogP contribution in [0.1, 0.15) is 4.88 Å². The molecule has 2 aromatic rings. The summed E-state index contributed by atoms with van der Waals surface area (Å²) in [5.41, 5.74) is 0.674. The minimum atomic E-state index is -0.345. The molecule has 0 N–H and O–H groups in total. The molecule has 2 rings (SSSR count). The molecule has 0 atom stereocenters. The van der Waals surface area contributed by atoms with Gasteiger partial charge in [0.25, 0.3) is 0 Å². The van der Waals surface area contributed by atoms with E-state index in [1.54, 1.807) is 12.3 Å². The largest absolute Gasteiger partial charge is 0.251 e. The SMILES string of the molecule is Fc1ccc(-c2ncc(CCl)s2)nc1. The van der Waals surface area contributed by atoms with Crippen molar-refractivity contribution in [2.45, 2.75) is 5.88 Å². The molecular weight excluding hydrogens is 223 g/mol. The molecule has 0 bridgehead atoms. The molecule has 2 heterocycles. The van der Waals surface area contributed by atoms with Crippen LogP contribution in [0.2, 0.25) is 0 Å². The fourth-order valence-electron chi connectivity index (χ4n) is 0.990. The first-order valence-corrected chi connectivity index (χ1v) is 5.27. The number of alkyl halides is 1. The van der Waals surface area contributed by atoms with Gasteiger partial charge in [-0.25, -0.2) is 9.37 Å². The Balaban J connectivity index is 2.34. The van der Waals surface area contributed by atoms with E-state index in [9.17, 15) is 4.39 Å². The van der Waals surface area contributed by atoms with Gasteiger partial charge in [0, 0.05) is 11.1 Å². The van der Waals surface area contributed by atoms with E-state index in [1.165, 1.54) is 23.6 Å². The molecule has 0 amide bonds. The van der Waals surface area contributed by atoms with Gasteiger partial charge in [-0.15, -0.1) is 22.9 Å². The van der Waals surface area contributed by atoms with Gasteiger partial charge in [0.05, 0.1) is 17.8 Å². The summed E-state index contributed by atoms with van der Waals surface area (Å²) in [6.07, 6.45) is 2.88. The molecule has 0 saturated carbocycles. The lowest BCUT2D eigenvalue weighted by Gasteiger charge is -1.93. The molecule has 72 valence electrons. The number of thiazole rings is 1. The molecule has 0 unspecified atom stereocenters. The summed E-state index contributed by atoms with van der Waals surface area (Å²) in [7, 11) is 0. The predicted molar refractivity (Wildman–Crippen MR) is 54.9 cm³/mol. The van der Waals surface area contributed by atoms with Crippen molar-refractivity contribution in [1.29, 1.82) is 0 Å². The van der Waals surface area contributed by atoms with Crippen molar-refractivity contribution in [2.24, 2.45) is 0 Å². The van der Waals surface area contributed by atoms with Crippen molar-refractivity contribution < 1.29 is 4.39 Å². The van der Waals surface area contributed by atoms with Gasteiger partial charge in [0.15, 0.2) is 0 Å². The Morgan fingerprint density at radius 1 is 1.29 bits per heavy atom. The van der Waals surface area contributed by atoms with Crippen LogP contribution < -0.4 is 0 Å². The molecule has 0 aliphatic heterocycles. The highest BCUT2D eigenvalue weighted by Crippen LogP contribution is 2.24. The third-order valence-corrected chi connectivity index (χ3v) is 3.10. The highest BCUT2D eigenvalue weighted by Gasteiger charge is 2.04. The van der Waals surface area contributed by atoms with Gasteiger partial charge in [-0.1, -0.05) is 0 Å². The molecule has 0 fully saturated rings. The summed E-state index contributed by atoms with van der Waals surface area (Å²) in [6, 6.07) is 2.97. The van der Waals surface area contributed by atoms with Gasteiger partial charge >= 0.3 is 0 Å². The molecule has 2 nitrogen and oxygen atoms in total. The fraction of sp³-hybridized carbons (Fsp3) is 0.111. The normalized spacial score (nSPS) is 10.4. The number of hydrogen-bond donors (Lipinski definition) is 0. The number of aromatic nitrogens is 2. The number of nitrogens with zero attached hydrogens (tertiary/aromatic N) is 2. The number of hydrogen-bond acceptors (Lipinski definition) is 3. The first kappa shape index (κ1) is 9.55. The summed E-state index contributed by atoms with van der Waals surface area (Å²) in [6.45, 7) is 0. The summed E-state index contributed by atoms with van der Waals surface area (Å²) in [5, 5.41) is 0.764. The van der Waals surface area contributed by atoms with E-state index in [-0.39, 0.29) is 5.82 Å². The Morgan fingerprint density at radius 2 is 2.14 bits per heavy atom. The van der Waals surface area contributed by atoms with E-state index in [0.717, 1.165) is 9.88 Å². The van der Waals surface area contributed by atoms with Crippen molar-refractivity contribution >= 4 is 22.9 Å². The quantitative estimate of drug-likeness (QED) is 0.739. The maximum absolute atomic E-state index is 12.6. The highest BCUT2D eigenvalue weighted by atomic mass is 35.5. The second-order valence-corrected chi connectivity index (χ2v) is 4.01. The van der Waals surface area contributed by atoms with E-state index in [0.29, 0.717) is 11.6 Å². The third-order valence-electron chi connectivity index (χ3n) is 1.63. The van der Waals surface area contributed by atoms with Gasteiger partial charge in [-0.3, -0.25) is 4.98 Å². The van der Waals surface area contributed by atoms with E-state index >= 15 is 0 Å². The van der Waals surface area contributed by atoms with E-state index in [4.69, 9.17) is 11.6 Å².